The van der Waals surface area contributed by atoms with Crippen molar-refractivity contribution in [2.75, 3.05) is 19.6 Å². The Morgan fingerprint density at radius 3 is 2.33 bits per heavy atom. The molecule has 0 spiro atoms. The van der Waals surface area contributed by atoms with Gasteiger partial charge in [0.05, 0.1) is 6.10 Å². The average Bonchev–Trinajstić information content (AvgIpc) is 3.23. The lowest BCUT2D eigenvalue weighted by Crippen LogP contribution is -2.72. The van der Waals surface area contributed by atoms with Gasteiger partial charge in [0, 0.05) is 13.9 Å². The molecule has 3 aliphatic carbocycles. The number of carbonyl (C=O) groups excluding carboxylic acids is 2. The lowest BCUT2D eigenvalue weighted by molar-refractivity contribution is -0.822. The van der Waals surface area contributed by atoms with E-state index in [4.69, 9.17) is 14.0 Å². The van der Waals surface area contributed by atoms with E-state index in [1.165, 1.54) is 12.8 Å². The summed E-state index contributed by atoms with van der Waals surface area (Å²) in [5.74, 6) is 1.39. The maximum atomic E-state index is 12.7. The minimum atomic E-state index is -2.26. The number of hydrogen-bond donors (Lipinski definition) is 0. The van der Waals surface area contributed by atoms with E-state index in [1.807, 2.05) is 37.3 Å². The normalized spacial score (nSPS) is 47.8. The van der Waals surface area contributed by atoms with Crippen molar-refractivity contribution in [1.82, 2.24) is 0 Å². The number of quaternary nitrogens is 1. The van der Waals surface area contributed by atoms with Gasteiger partial charge in [-0.25, -0.2) is 0 Å². The minimum absolute atomic E-state index is 0. The Hall–Kier alpha value is -1.86. The maximum absolute atomic E-state index is 12.7. The number of carbonyl (C=O) groups is 2. The number of rotatable bonds is 4. The zero-order valence-electron chi connectivity index (χ0n) is 18.0. The van der Waals surface area contributed by atoms with Crippen LogP contribution in [0.5, 0.6) is 0 Å². The first-order valence-electron chi connectivity index (χ1n) is 11.4. The van der Waals surface area contributed by atoms with Crippen molar-refractivity contribution in [2.45, 2.75) is 51.6 Å². The van der Waals surface area contributed by atoms with E-state index in [0.717, 1.165) is 24.4 Å². The Morgan fingerprint density at radius 1 is 1.07 bits per heavy atom. The monoisotopic (exact) mass is 413 g/mol. The molecule has 1 aromatic rings. The molecule has 5 atom stereocenters. The van der Waals surface area contributed by atoms with Gasteiger partial charge >= 0.3 is 18.6 Å². The molecule has 0 N–H and O–H groups in total. The molecule has 7 rings (SSSR count). The van der Waals surface area contributed by atoms with Crippen LogP contribution in [-0.4, -0.2) is 48.2 Å². The van der Waals surface area contributed by atoms with E-state index >= 15 is 0 Å². The Morgan fingerprint density at radius 2 is 1.73 bits per heavy atom. The number of epoxide rings is 1. The van der Waals surface area contributed by atoms with Crippen LogP contribution < -0.4 is 0 Å². The molecule has 1 aromatic carbocycles. The summed E-state index contributed by atoms with van der Waals surface area (Å²) >= 11 is 0. The number of hydrogen-bond acceptors (Lipinski definition) is 5. The third-order valence-corrected chi connectivity index (χ3v) is 9.45. The second-order valence-electron chi connectivity index (χ2n) is 11.2. The zero-order chi connectivity index (χ0) is 20.9. The lowest BCUT2D eigenvalue weighted by atomic mass is 9.45. The molecule has 162 valence electrons. The minimum Gasteiger partial charge on any atom is -0.598 e. The van der Waals surface area contributed by atoms with Crippen LogP contribution in [0.2, 0.25) is 0 Å². The average molecular weight is 413 g/mol. The molecule has 3 saturated heterocycles. The van der Waals surface area contributed by atoms with Crippen molar-refractivity contribution in [3.8, 4) is 0 Å². The highest BCUT2D eigenvalue weighted by atomic mass is 16.7. The molecule has 3 aliphatic heterocycles. The molecule has 6 nitrogen and oxygen atoms in total. The maximum Gasteiger partial charge on any atom is 0.617 e. The Kier molecular flexibility index (Phi) is 3.58. The first-order chi connectivity index (χ1) is 14.2. The largest absolute Gasteiger partial charge is 0.617 e. The molecule has 7 heteroatoms. The van der Waals surface area contributed by atoms with Crippen molar-refractivity contribution in [2.24, 2.45) is 23.2 Å². The van der Waals surface area contributed by atoms with Crippen LogP contribution in [0.4, 0.5) is 0 Å². The van der Waals surface area contributed by atoms with Crippen LogP contribution in [0, 0.1) is 23.2 Å². The zero-order valence-corrected chi connectivity index (χ0v) is 18.0. The SMILES string of the molecule is CC1(C)C2C[C@H]1CC[C@@H]2C[N+]12CC(=O)O[B-]1([C@]1(C)O[C@H]1c1ccccc1)OC(=O)C2.[HH]. The van der Waals surface area contributed by atoms with Gasteiger partial charge in [-0.3, -0.25) is 9.59 Å². The van der Waals surface area contributed by atoms with Gasteiger partial charge in [-0.05, 0) is 42.1 Å². The summed E-state index contributed by atoms with van der Waals surface area (Å²) in [7, 11) is 0. The number of nitrogens with zero attached hydrogens (tertiary/aromatic N) is 1. The van der Waals surface area contributed by atoms with Crippen LogP contribution in [0.25, 0.3) is 0 Å². The van der Waals surface area contributed by atoms with Gasteiger partial charge < -0.3 is 18.4 Å². The summed E-state index contributed by atoms with van der Waals surface area (Å²) in [6.45, 7) is 5.63. The summed E-state index contributed by atoms with van der Waals surface area (Å²) in [5, 5.41) is 0. The highest BCUT2D eigenvalue weighted by molar-refractivity contribution is 6.69. The van der Waals surface area contributed by atoms with Crippen LogP contribution in [0.15, 0.2) is 30.3 Å². The van der Waals surface area contributed by atoms with Gasteiger partial charge in [-0.1, -0.05) is 51.1 Å². The fourth-order valence-electron chi connectivity index (χ4n) is 7.71. The number of ether oxygens (including phenoxy) is 1. The first kappa shape index (κ1) is 18.9. The van der Waals surface area contributed by atoms with Gasteiger partial charge in [0.25, 0.3) is 0 Å². The summed E-state index contributed by atoms with van der Waals surface area (Å²) in [4.78, 5) is 25.4. The summed E-state index contributed by atoms with van der Waals surface area (Å²) in [6.07, 6.45) is 3.43. The second-order valence-corrected chi connectivity index (χ2v) is 11.2. The molecular formula is C23H32BNO5. The topological polar surface area (TPSA) is 65.1 Å². The Balaban J connectivity index is 0.00000204. The molecule has 3 heterocycles. The van der Waals surface area contributed by atoms with Crippen LogP contribution in [0.3, 0.4) is 0 Å². The molecule has 30 heavy (non-hydrogen) atoms. The van der Waals surface area contributed by atoms with E-state index in [0.29, 0.717) is 21.6 Å². The van der Waals surface area contributed by atoms with Crippen molar-refractivity contribution >= 4 is 18.6 Å². The number of benzene rings is 1. The van der Waals surface area contributed by atoms with E-state index in [9.17, 15) is 9.59 Å². The Bertz CT molecular complexity index is 917. The smallest absolute Gasteiger partial charge is 0.598 e. The van der Waals surface area contributed by atoms with Crippen molar-refractivity contribution in [3.05, 3.63) is 35.9 Å². The van der Waals surface area contributed by atoms with E-state index in [-0.39, 0.29) is 32.6 Å². The highest BCUT2D eigenvalue weighted by Crippen LogP contribution is 2.64. The molecular weight excluding hydrogens is 381 g/mol. The summed E-state index contributed by atoms with van der Waals surface area (Å²) in [6, 6.07) is 9.95. The van der Waals surface area contributed by atoms with Gasteiger partial charge in [0.2, 0.25) is 0 Å². The number of fused-ring (bicyclic) bond motifs is 3. The van der Waals surface area contributed by atoms with Crippen molar-refractivity contribution < 1.29 is 29.5 Å². The van der Waals surface area contributed by atoms with Crippen molar-refractivity contribution in [3.63, 3.8) is 0 Å². The van der Waals surface area contributed by atoms with Gasteiger partial charge in [-0.15, -0.1) is 0 Å². The van der Waals surface area contributed by atoms with Crippen molar-refractivity contribution in [1.29, 1.82) is 0 Å². The molecule has 6 aliphatic rings. The molecule has 3 saturated carbocycles. The third kappa shape index (κ3) is 2.18. The van der Waals surface area contributed by atoms with Crippen LogP contribution in [-0.2, 0) is 23.6 Å². The molecule has 2 bridgehead atoms. The predicted octanol–water partition coefficient (Wildman–Crippen LogP) is 3.24. The molecule has 0 amide bonds. The highest BCUT2D eigenvalue weighted by Gasteiger charge is 2.84. The summed E-state index contributed by atoms with van der Waals surface area (Å²) in [5.41, 5.74) is 0.561. The third-order valence-electron chi connectivity index (χ3n) is 9.45. The standard InChI is InChI=1S/C23H30BNO5.H2/c1-22(2)17-10-9-16(18(22)11-17)12-25-13-19(26)29-24(25,30-20(27)14-25)23(3)21(28-23)15-7-5-4-6-8-15;/h4-8,16-18,21H,9-14H2,1-3H3;1H/t16-,17-,18?,21+,23-,24?,25?;/m1./s1. The summed E-state index contributed by atoms with van der Waals surface area (Å²) < 4.78 is 18.5. The quantitative estimate of drug-likeness (QED) is 0.560. The van der Waals surface area contributed by atoms with Crippen LogP contribution in [0.1, 0.15) is 53.1 Å². The van der Waals surface area contributed by atoms with E-state index < -0.39 is 12.2 Å². The van der Waals surface area contributed by atoms with Crippen LogP contribution >= 0.6 is 0 Å². The Labute approximate surface area is 178 Å². The van der Waals surface area contributed by atoms with Gasteiger partial charge in [0.15, 0.2) is 0 Å². The predicted molar refractivity (Wildman–Crippen MR) is 112 cm³/mol. The first-order valence-corrected chi connectivity index (χ1v) is 11.4. The van der Waals surface area contributed by atoms with E-state index in [2.05, 4.69) is 13.8 Å². The second kappa shape index (κ2) is 5.68. The fourth-order valence-corrected chi connectivity index (χ4v) is 7.71. The lowest BCUT2D eigenvalue weighted by Gasteiger charge is -2.61. The fraction of sp³-hybridized carbons (Fsp3) is 0.652. The molecule has 0 aromatic heterocycles. The molecule has 0 radical (unpaired) electrons. The van der Waals surface area contributed by atoms with Gasteiger partial charge in [-0.2, -0.15) is 0 Å². The van der Waals surface area contributed by atoms with E-state index in [1.54, 1.807) is 0 Å². The molecule has 1 unspecified atom stereocenters. The van der Waals surface area contributed by atoms with Gasteiger partial charge in [0.1, 0.15) is 18.6 Å². The molecule has 6 fully saturated rings.